The summed E-state index contributed by atoms with van der Waals surface area (Å²) in [5.41, 5.74) is 1.62. The highest BCUT2D eigenvalue weighted by Gasteiger charge is 2.15. The van der Waals surface area contributed by atoms with Crippen LogP contribution in [0, 0.1) is 0 Å². The summed E-state index contributed by atoms with van der Waals surface area (Å²) in [5, 5.41) is 0. The van der Waals surface area contributed by atoms with Crippen molar-refractivity contribution in [3.63, 3.8) is 0 Å². The highest BCUT2D eigenvalue weighted by atomic mass is 32.2. The summed E-state index contributed by atoms with van der Waals surface area (Å²) in [6.45, 7) is 1.77. The highest BCUT2D eigenvalue weighted by Crippen LogP contribution is 2.25. The fraction of sp³-hybridized carbons (Fsp3) is 0.250. The average Bonchev–Trinajstić information content (AvgIpc) is 2.98. The number of benzene rings is 1. The van der Waals surface area contributed by atoms with Gasteiger partial charge in [0, 0.05) is 30.2 Å². The standard InChI is InChI=1S/C16H16F2N2O2S/c1-10(21)12-7-14(19-8-12)15(22)20(2)9-11-3-5-13(6-4-11)23-16(17)18/h3-8,16,19H,9H2,1-2H3. The topological polar surface area (TPSA) is 53.2 Å². The van der Waals surface area contributed by atoms with E-state index in [1.165, 1.54) is 24.1 Å². The lowest BCUT2D eigenvalue weighted by Gasteiger charge is -2.16. The number of ketones is 1. The Morgan fingerprint density at radius 1 is 1.26 bits per heavy atom. The Morgan fingerprint density at radius 2 is 1.91 bits per heavy atom. The predicted molar refractivity (Wildman–Crippen MR) is 84.9 cm³/mol. The molecule has 1 heterocycles. The molecule has 0 unspecified atom stereocenters. The quantitative estimate of drug-likeness (QED) is 0.644. The van der Waals surface area contributed by atoms with Crippen molar-refractivity contribution < 1.29 is 18.4 Å². The number of carbonyl (C=O) groups is 2. The number of halogens is 2. The molecule has 2 aromatic rings. The number of H-pyrrole nitrogens is 1. The van der Waals surface area contributed by atoms with Crippen molar-refractivity contribution in [3.8, 4) is 0 Å². The van der Waals surface area contributed by atoms with Gasteiger partial charge in [-0.2, -0.15) is 8.78 Å². The SMILES string of the molecule is CC(=O)c1c[nH]c(C(=O)N(C)Cc2ccc(SC(F)F)cc2)c1. The van der Waals surface area contributed by atoms with E-state index in [1.54, 1.807) is 31.3 Å². The second kappa shape index (κ2) is 7.41. The Morgan fingerprint density at radius 3 is 2.43 bits per heavy atom. The molecule has 0 aliphatic rings. The first kappa shape index (κ1) is 17.2. The van der Waals surface area contributed by atoms with Gasteiger partial charge in [-0.25, -0.2) is 0 Å². The van der Waals surface area contributed by atoms with E-state index in [9.17, 15) is 18.4 Å². The summed E-state index contributed by atoms with van der Waals surface area (Å²) in [6.07, 6.45) is 1.50. The molecule has 2 rings (SSSR count). The van der Waals surface area contributed by atoms with Crippen LogP contribution >= 0.6 is 11.8 Å². The number of nitrogens with zero attached hydrogens (tertiary/aromatic N) is 1. The zero-order valence-electron chi connectivity index (χ0n) is 12.7. The number of Topliss-reactive ketones (excluding diaryl/α,β-unsaturated/α-hetero) is 1. The fourth-order valence-corrected chi connectivity index (χ4v) is 2.55. The molecule has 23 heavy (non-hydrogen) atoms. The molecule has 0 aliphatic heterocycles. The molecular weight excluding hydrogens is 322 g/mol. The summed E-state index contributed by atoms with van der Waals surface area (Å²) in [7, 11) is 1.64. The van der Waals surface area contributed by atoms with Gasteiger partial charge in [0.15, 0.2) is 5.78 Å². The third kappa shape index (κ3) is 4.66. The first-order valence-corrected chi connectivity index (χ1v) is 7.73. The Bertz CT molecular complexity index is 698. The van der Waals surface area contributed by atoms with E-state index in [-0.39, 0.29) is 11.7 Å². The van der Waals surface area contributed by atoms with Crippen LogP contribution in [0.4, 0.5) is 8.78 Å². The number of aromatic nitrogens is 1. The molecule has 1 aromatic carbocycles. The molecule has 0 saturated heterocycles. The smallest absolute Gasteiger partial charge is 0.288 e. The van der Waals surface area contributed by atoms with Crippen LogP contribution in [0.1, 0.15) is 33.3 Å². The first-order chi connectivity index (χ1) is 10.9. The minimum Gasteiger partial charge on any atom is -0.356 e. The van der Waals surface area contributed by atoms with Crippen molar-refractivity contribution in [1.82, 2.24) is 9.88 Å². The van der Waals surface area contributed by atoms with E-state index >= 15 is 0 Å². The van der Waals surface area contributed by atoms with Gasteiger partial charge in [0.25, 0.3) is 11.7 Å². The summed E-state index contributed by atoms with van der Waals surface area (Å²) < 4.78 is 24.5. The summed E-state index contributed by atoms with van der Waals surface area (Å²) in [5.74, 6) is -2.81. The van der Waals surface area contributed by atoms with Crippen LogP contribution in [-0.4, -0.2) is 34.4 Å². The zero-order chi connectivity index (χ0) is 17.0. The normalized spacial score (nSPS) is 10.8. The maximum absolute atomic E-state index is 12.3. The molecule has 0 atom stereocenters. The van der Waals surface area contributed by atoms with Gasteiger partial charge >= 0.3 is 0 Å². The van der Waals surface area contributed by atoms with Gasteiger partial charge in [0.05, 0.1) is 0 Å². The van der Waals surface area contributed by atoms with Gasteiger partial charge in [-0.15, -0.1) is 0 Å². The van der Waals surface area contributed by atoms with E-state index in [2.05, 4.69) is 4.98 Å². The van der Waals surface area contributed by atoms with E-state index in [0.717, 1.165) is 5.56 Å². The predicted octanol–water partition coefficient (Wildman–Crippen LogP) is 3.80. The van der Waals surface area contributed by atoms with Crippen molar-refractivity contribution in [3.05, 3.63) is 53.3 Å². The van der Waals surface area contributed by atoms with E-state index in [4.69, 9.17) is 0 Å². The van der Waals surface area contributed by atoms with Gasteiger partial charge in [-0.1, -0.05) is 23.9 Å². The van der Waals surface area contributed by atoms with Crippen molar-refractivity contribution in [2.24, 2.45) is 0 Å². The molecule has 0 spiro atoms. The number of thioether (sulfide) groups is 1. The molecule has 0 radical (unpaired) electrons. The highest BCUT2D eigenvalue weighted by molar-refractivity contribution is 7.99. The minimum absolute atomic E-state index is 0.116. The van der Waals surface area contributed by atoms with Gasteiger partial charge < -0.3 is 9.88 Å². The van der Waals surface area contributed by atoms with Gasteiger partial charge in [0.2, 0.25) is 0 Å². The summed E-state index contributed by atoms with van der Waals surface area (Å²) >= 11 is 0.484. The molecule has 0 aliphatic carbocycles. The third-order valence-electron chi connectivity index (χ3n) is 3.23. The molecule has 1 amide bonds. The lowest BCUT2D eigenvalue weighted by molar-refractivity contribution is 0.0780. The van der Waals surface area contributed by atoms with Crippen molar-refractivity contribution in [2.75, 3.05) is 7.05 Å². The van der Waals surface area contributed by atoms with Crippen LogP contribution in [0.5, 0.6) is 0 Å². The second-order valence-corrected chi connectivity index (χ2v) is 6.11. The summed E-state index contributed by atoms with van der Waals surface area (Å²) in [6, 6.07) is 8.15. The number of carbonyl (C=O) groups excluding carboxylic acids is 2. The number of rotatable bonds is 6. The lowest BCUT2D eigenvalue weighted by atomic mass is 10.2. The Labute approximate surface area is 136 Å². The third-order valence-corrected chi connectivity index (χ3v) is 3.96. The molecule has 0 saturated carbocycles. The molecule has 0 bridgehead atoms. The Kier molecular flexibility index (Phi) is 5.54. The fourth-order valence-electron chi connectivity index (χ4n) is 2.05. The monoisotopic (exact) mass is 338 g/mol. The van der Waals surface area contributed by atoms with Crippen LogP contribution in [0.2, 0.25) is 0 Å². The molecule has 4 nitrogen and oxygen atoms in total. The van der Waals surface area contributed by atoms with Crippen LogP contribution < -0.4 is 0 Å². The van der Waals surface area contributed by atoms with Crippen molar-refractivity contribution in [1.29, 1.82) is 0 Å². The van der Waals surface area contributed by atoms with Gasteiger partial charge in [-0.3, -0.25) is 9.59 Å². The minimum atomic E-state index is -2.45. The molecule has 122 valence electrons. The molecule has 1 aromatic heterocycles. The second-order valence-electron chi connectivity index (χ2n) is 5.04. The Balaban J connectivity index is 2.01. The number of aromatic amines is 1. The zero-order valence-corrected chi connectivity index (χ0v) is 13.5. The van der Waals surface area contributed by atoms with E-state index in [1.807, 2.05) is 0 Å². The van der Waals surface area contributed by atoms with Crippen LogP contribution in [0.3, 0.4) is 0 Å². The van der Waals surface area contributed by atoms with Crippen molar-refractivity contribution >= 4 is 23.5 Å². The van der Waals surface area contributed by atoms with Gasteiger partial charge in [-0.05, 0) is 30.7 Å². The van der Waals surface area contributed by atoms with Crippen LogP contribution in [0.25, 0.3) is 0 Å². The maximum atomic E-state index is 12.3. The van der Waals surface area contributed by atoms with Crippen molar-refractivity contribution in [2.45, 2.75) is 24.1 Å². The number of hydrogen-bond acceptors (Lipinski definition) is 3. The molecule has 0 fully saturated rings. The maximum Gasteiger partial charge on any atom is 0.288 e. The summed E-state index contributed by atoms with van der Waals surface area (Å²) in [4.78, 5) is 28.3. The van der Waals surface area contributed by atoms with E-state index < -0.39 is 5.76 Å². The molecular formula is C16H16F2N2O2S. The largest absolute Gasteiger partial charge is 0.356 e. The molecule has 1 N–H and O–H groups in total. The number of amides is 1. The first-order valence-electron chi connectivity index (χ1n) is 6.85. The number of hydrogen-bond donors (Lipinski definition) is 1. The molecule has 7 heteroatoms. The van der Waals surface area contributed by atoms with Gasteiger partial charge in [0.1, 0.15) is 5.69 Å². The average molecular weight is 338 g/mol. The number of nitrogens with one attached hydrogen (secondary N) is 1. The van der Waals surface area contributed by atoms with E-state index in [0.29, 0.717) is 34.5 Å². The van der Waals surface area contributed by atoms with Crippen LogP contribution in [-0.2, 0) is 6.54 Å². The number of alkyl halides is 2. The lowest BCUT2D eigenvalue weighted by Crippen LogP contribution is -2.26. The Hall–Kier alpha value is -2.15. The van der Waals surface area contributed by atoms with Crippen LogP contribution in [0.15, 0.2) is 41.4 Å².